The molecule has 26 heavy (non-hydrogen) atoms. The van der Waals surface area contributed by atoms with Gasteiger partial charge in [-0.05, 0) is 19.9 Å². The van der Waals surface area contributed by atoms with Crippen LogP contribution in [-0.4, -0.2) is 31.4 Å². The first-order valence-electron chi connectivity index (χ1n) is 7.88. The Morgan fingerprint density at radius 1 is 0.923 bits per heavy atom. The van der Waals surface area contributed by atoms with Crippen molar-refractivity contribution in [1.29, 1.82) is 0 Å². The van der Waals surface area contributed by atoms with Crippen LogP contribution in [0.4, 0.5) is 0 Å². The van der Waals surface area contributed by atoms with Crippen LogP contribution < -0.4 is 16.4 Å². The summed E-state index contributed by atoms with van der Waals surface area (Å²) in [6, 6.07) is 6.68. The Kier molecular flexibility index (Phi) is 4.29. The van der Waals surface area contributed by atoms with E-state index < -0.39 is 11.8 Å². The van der Waals surface area contributed by atoms with Crippen LogP contribution in [0.1, 0.15) is 32.2 Å². The fourth-order valence-corrected chi connectivity index (χ4v) is 2.80. The first kappa shape index (κ1) is 17.3. The lowest BCUT2D eigenvalue weighted by molar-refractivity contribution is 0.0843. The number of rotatable bonds is 2. The van der Waals surface area contributed by atoms with E-state index in [2.05, 4.69) is 21.0 Å². The van der Waals surface area contributed by atoms with Gasteiger partial charge in [-0.25, -0.2) is 4.68 Å². The van der Waals surface area contributed by atoms with Crippen LogP contribution in [0.15, 0.2) is 29.1 Å². The molecule has 0 bridgehead atoms. The Morgan fingerprint density at radius 3 is 2.15 bits per heavy atom. The summed E-state index contributed by atoms with van der Waals surface area (Å²) in [7, 11) is 3.20. The van der Waals surface area contributed by atoms with Gasteiger partial charge < -0.3 is 0 Å². The number of nitrogens with one attached hydrogen (secondary N) is 2. The van der Waals surface area contributed by atoms with Crippen molar-refractivity contribution in [3.63, 3.8) is 0 Å². The van der Waals surface area contributed by atoms with Gasteiger partial charge in [0.2, 0.25) is 0 Å². The molecule has 0 aliphatic rings. The van der Waals surface area contributed by atoms with Crippen molar-refractivity contribution in [3.05, 3.63) is 57.3 Å². The SMILES string of the molecule is Cc1nn(C)c(C)c1C(=O)NNC(=O)c1nn(C)c(=O)c2ccccc12. The van der Waals surface area contributed by atoms with Crippen LogP contribution in [0.25, 0.3) is 10.8 Å². The van der Waals surface area contributed by atoms with Crippen LogP contribution in [0.3, 0.4) is 0 Å². The fraction of sp³-hybridized carbons (Fsp3) is 0.235. The number of carbonyl (C=O) groups is 2. The highest BCUT2D eigenvalue weighted by Crippen LogP contribution is 2.13. The van der Waals surface area contributed by atoms with Gasteiger partial charge in [-0.3, -0.25) is 29.9 Å². The highest BCUT2D eigenvalue weighted by Gasteiger charge is 2.20. The van der Waals surface area contributed by atoms with E-state index in [0.717, 1.165) is 4.68 Å². The topological polar surface area (TPSA) is 111 Å². The number of hydrazine groups is 1. The molecule has 3 aromatic rings. The minimum absolute atomic E-state index is 0.0441. The minimum Gasteiger partial charge on any atom is -0.272 e. The molecule has 0 saturated heterocycles. The van der Waals surface area contributed by atoms with Gasteiger partial charge in [-0.1, -0.05) is 18.2 Å². The number of hydrogen-bond acceptors (Lipinski definition) is 5. The molecular formula is C17H18N6O3. The lowest BCUT2D eigenvalue weighted by atomic mass is 10.1. The molecule has 134 valence electrons. The van der Waals surface area contributed by atoms with Gasteiger partial charge in [0.15, 0.2) is 5.69 Å². The van der Waals surface area contributed by atoms with Crippen molar-refractivity contribution in [2.75, 3.05) is 0 Å². The Hall–Kier alpha value is -3.49. The molecule has 0 atom stereocenters. The number of carbonyl (C=O) groups excluding carboxylic acids is 2. The van der Waals surface area contributed by atoms with Crippen molar-refractivity contribution in [2.24, 2.45) is 14.1 Å². The molecule has 0 radical (unpaired) electrons. The zero-order chi connectivity index (χ0) is 19.0. The van der Waals surface area contributed by atoms with Crippen molar-refractivity contribution in [2.45, 2.75) is 13.8 Å². The maximum atomic E-state index is 12.5. The number of fused-ring (bicyclic) bond motifs is 1. The summed E-state index contributed by atoms with van der Waals surface area (Å²) < 4.78 is 2.68. The van der Waals surface area contributed by atoms with Crippen molar-refractivity contribution >= 4 is 22.6 Å². The van der Waals surface area contributed by atoms with Gasteiger partial charge in [0.1, 0.15) is 0 Å². The van der Waals surface area contributed by atoms with Gasteiger partial charge in [-0.15, -0.1) is 0 Å². The summed E-state index contributed by atoms with van der Waals surface area (Å²) in [5.74, 6) is -1.10. The molecule has 0 aliphatic heterocycles. The molecule has 2 aromatic heterocycles. The Bertz CT molecular complexity index is 1100. The Morgan fingerprint density at radius 2 is 1.54 bits per heavy atom. The molecular weight excluding hydrogens is 336 g/mol. The largest absolute Gasteiger partial charge is 0.290 e. The molecule has 0 aliphatic carbocycles. The van der Waals surface area contributed by atoms with Crippen LogP contribution in [0.2, 0.25) is 0 Å². The summed E-state index contributed by atoms with van der Waals surface area (Å²) in [6.45, 7) is 3.48. The molecule has 1 aromatic carbocycles. The Balaban J connectivity index is 1.87. The second kappa shape index (κ2) is 6.43. The van der Waals surface area contributed by atoms with Crippen LogP contribution in [-0.2, 0) is 14.1 Å². The molecule has 2 amide bonds. The number of aromatic nitrogens is 4. The summed E-state index contributed by atoms with van der Waals surface area (Å²) >= 11 is 0. The number of amides is 2. The van der Waals surface area contributed by atoms with E-state index >= 15 is 0 Å². The first-order valence-corrected chi connectivity index (χ1v) is 7.88. The number of hydrogen-bond donors (Lipinski definition) is 2. The highest BCUT2D eigenvalue weighted by atomic mass is 16.2. The number of benzene rings is 1. The molecule has 9 nitrogen and oxygen atoms in total. The second-order valence-electron chi connectivity index (χ2n) is 5.90. The summed E-state index contributed by atoms with van der Waals surface area (Å²) in [4.78, 5) is 37.0. The third-order valence-corrected chi connectivity index (χ3v) is 4.20. The number of nitrogens with zero attached hydrogens (tertiary/aromatic N) is 4. The average Bonchev–Trinajstić information content (AvgIpc) is 2.88. The molecule has 0 spiro atoms. The van der Waals surface area contributed by atoms with Crippen molar-refractivity contribution in [1.82, 2.24) is 30.4 Å². The predicted molar refractivity (Wildman–Crippen MR) is 94.6 cm³/mol. The van der Waals surface area contributed by atoms with Crippen LogP contribution in [0, 0.1) is 13.8 Å². The maximum Gasteiger partial charge on any atom is 0.290 e. The number of aryl methyl sites for hydroxylation is 3. The van der Waals surface area contributed by atoms with E-state index in [-0.39, 0.29) is 11.3 Å². The van der Waals surface area contributed by atoms with E-state index in [1.54, 1.807) is 49.8 Å². The van der Waals surface area contributed by atoms with Crippen LogP contribution >= 0.6 is 0 Å². The summed E-state index contributed by atoms with van der Waals surface area (Å²) in [6.07, 6.45) is 0. The van der Waals surface area contributed by atoms with Gasteiger partial charge in [0.25, 0.3) is 17.4 Å². The normalized spacial score (nSPS) is 10.8. The standard InChI is InChI=1S/C17H18N6O3/c1-9-13(10(2)22(3)20-9)15(24)18-19-16(25)14-11-7-5-6-8-12(11)17(26)23(4)21-14/h5-8H,1-4H3,(H,18,24)(H,19,25). The minimum atomic E-state index is -0.621. The van der Waals surface area contributed by atoms with E-state index in [0.29, 0.717) is 27.7 Å². The van der Waals surface area contributed by atoms with E-state index in [9.17, 15) is 14.4 Å². The lowest BCUT2D eigenvalue weighted by Crippen LogP contribution is -2.43. The second-order valence-corrected chi connectivity index (χ2v) is 5.90. The van der Waals surface area contributed by atoms with E-state index in [1.165, 1.54) is 7.05 Å². The molecule has 3 rings (SSSR count). The zero-order valence-corrected chi connectivity index (χ0v) is 14.8. The third kappa shape index (κ3) is 2.83. The van der Waals surface area contributed by atoms with E-state index in [4.69, 9.17) is 0 Å². The van der Waals surface area contributed by atoms with Gasteiger partial charge in [0, 0.05) is 25.2 Å². The maximum absolute atomic E-state index is 12.5. The highest BCUT2D eigenvalue weighted by molar-refractivity contribution is 6.06. The van der Waals surface area contributed by atoms with E-state index in [1.807, 2.05) is 0 Å². The predicted octanol–water partition coefficient (Wildman–Crippen LogP) is 0.359. The summed E-state index contributed by atoms with van der Waals surface area (Å²) in [5.41, 5.74) is 6.09. The van der Waals surface area contributed by atoms with Crippen molar-refractivity contribution in [3.8, 4) is 0 Å². The molecule has 0 saturated carbocycles. The molecule has 2 heterocycles. The quantitative estimate of drug-likeness (QED) is 0.646. The average molecular weight is 354 g/mol. The smallest absolute Gasteiger partial charge is 0.272 e. The van der Waals surface area contributed by atoms with Gasteiger partial charge >= 0.3 is 0 Å². The van der Waals surface area contributed by atoms with Crippen molar-refractivity contribution < 1.29 is 9.59 Å². The first-order chi connectivity index (χ1) is 12.3. The molecule has 0 fully saturated rings. The molecule has 0 unspecified atom stereocenters. The third-order valence-electron chi connectivity index (χ3n) is 4.20. The molecule has 2 N–H and O–H groups in total. The summed E-state index contributed by atoms with van der Waals surface area (Å²) in [5, 5.41) is 8.98. The monoisotopic (exact) mass is 354 g/mol. The Labute approximate surface area is 148 Å². The molecule has 9 heteroatoms. The van der Waals surface area contributed by atoms with Crippen LogP contribution in [0.5, 0.6) is 0 Å². The van der Waals surface area contributed by atoms with Gasteiger partial charge in [-0.2, -0.15) is 10.2 Å². The lowest BCUT2D eigenvalue weighted by Gasteiger charge is -2.10. The fourth-order valence-electron chi connectivity index (χ4n) is 2.80. The van der Waals surface area contributed by atoms with Gasteiger partial charge in [0.05, 0.1) is 16.6 Å². The zero-order valence-electron chi connectivity index (χ0n) is 14.8.